The summed E-state index contributed by atoms with van der Waals surface area (Å²) in [4.78, 5) is 22.4. The molecule has 2 N–H and O–H groups in total. The maximum atomic E-state index is 13.4. The Morgan fingerprint density at radius 1 is 1.19 bits per heavy atom. The van der Waals surface area contributed by atoms with Crippen molar-refractivity contribution in [2.45, 2.75) is 43.7 Å². The van der Waals surface area contributed by atoms with Gasteiger partial charge in [0.05, 0.1) is 18.5 Å². The molecule has 0 amide bonds. The summed E-state index contributed by atoms with van der Waals surface area (Å²) in [5.41, 5.74) is 3.26. The van der Waals surface area contributed by atoms with E-state index in [2.05, 4.69) is 20.4 Å². The third kappa shape index (κ3) is 3.75. The summed E-state index contributed by atoms with van der Waals surface area (Å²) < 4.78 is 11.3. The maximum absolute atomic E-state index is 13.4. The molecule has 0 aliphatic heterocycles. The summed E-state index contributed by atoms with van der Waals surface area (Å²) in [6.07, 6.45) is 10.0. The number of rotatable bonds is 6. The average molecular weight is 518 g/mol. The molecule has 2 fully saturated rings. The smallest absolute Gasteiger partial charge is 0.274 e. The topological polar surface area (TPSA) is 112 Å². The Balaban J connectivity index is 1.25. The predicted octanol–water partition coefficient (Wildman–Crippen LogP) is 4.54. The molecule has 0 saturated heterocycles. The fraction of sp³-hybridized carbons (Fsp3) is 0.308. The van der Waals surface area contributed by atoms with Crippen LogP contribution in [0.5, 0.6) is 11.5 Å². The molecule has 0 aromatic carbocycles. The van der Waals surface area contributed by atoms with Gasteiger partial charge in [-0.15, -0.1) is 0 Å². The number of aromatic nitrogens is 6. The number of imidazole rings is 1. The number of aliphatic hydroxyl groups excluding tert-OH is 1. The monoisotopic (exact) mass is 517 g/mol. The highest BCUT2D eigenvalue weighted by Crippen LogP contribution is 2.42. The van der Waals surface area contributed by atoms with E-state index >= 15 is 0 Å². The first-order chi connectivity index (χ1) is 18.0. The SMILES string of the molecule is Cn1c(Nc2cc(C3CC3)cn([C@H]3C[C@H](O)C3)c2=O)nc2ncc(Oc3cnn4ccccc34)c(Cl)c21. The number of ether oxygens (including phenoxy) is 1. The minimum absolute atomic E-state index is 0.0120. The molecule has 0 radical (unpaired) electrons. The second-order valence-electron chi connectivity index (χ2n) is 9.82. The van der Waals surface area contributed by atoms with Crippen LogP contribution < -0.4 is 15.6 Å². The van der Waals surface area contributed by atoms with Crippen LogP contribution in [0.4, 0.5) is 11.6 Å². The number of anilines is 2. The van der Waals surface area contributed by atoms with Crippen molar-refractivity contribution in [2.75, 3.05) is 5.32 Å². The standard InChI is InChI=1S/C26H24ClN7O3/c1-32-23-22(27)21(37-20-12-29-34-7-3-2-4-19(20)34)11-28-24(23)31-26(32)30-18-8-15(14-5-6-14)13-33(25(18)36)16-9-17(35)10-16/h2-4,7-8,11-14,16-17,35H,5-6,9-10H2,1H3,(H,28,30,31)/t16-,17-. The average Bonchev–Trinajstić information content (AvgIpc) is 3.58. The molecular weight excluding hydrogens is 494 g/mol. The number of aliphatic hydroxyl groups is 1. The zero-order chi connectivity index (χ0) is 25.3. The van der Waals surface area contributed by atoms with Crippen molar-refractivity contribution in [1.29, 1.82) is 0 Å². The van der Waals surface area contributed by atoms with Crippen molar-refractivity contribution in [3.63, 3.8) is 0 Å². The van der Waals surface area contributed by atoms with Crippen LogP contribution in [0.1, 0.15) is 43.2 Å². The minimum Gasteiger partial charge on any atom is -0.450 e. The second kappa shape index (κ2) is 8.32. The largest absolute Gasteiger partial charge is 0.450 e. The highest BCUT2D eigenvalue weighted by Gasteiger charge is 2.32. The Bertz CT molecular complexity index is 1730. The molecule has 2 aliphatic rings. The Labute approximate surface area is 216 Å². The van der Waals surface area contributed by atoms with Crippen LogP contribution in [0.15, 0.2) is 53.8 Å². The van der Waals surface area contributed by atoms with E-state index in [0.29, 0.717) is 58.1 Å². The number of aryl methyl sites for hydroxylation is 1. The van der Waals surface area contributed by atoms with Gasteiger partial charge >= 0.3 is 0 Å². The van der Waals surface area contributed by atoms with Gasteiger partial charge < -0.3 is 24.3 Å². The molecule has 7 rings (SSSR count). The van der Waals surface area contributed by atoms with Crippen LogP contribution in [0.2, 0.25) is 5.02 Å². The van der Waals surface area contributed by atoms with Crippen molar-refractivity contribution >= 4 is 39.9 Å². The van der Waals surface area contributed by atoms with Crippen LogP contribution in [-0.4, -0.2) is 39.9 Å². The molecule has 188 valence electrons. The summed E-state index contributed by atoms with van der Waals surface area (Å²) >= 11 is 6.77. The lowest BCUT2D eigenvalue weighted by atomic mass is 9.89. The van der Waals surface area contributed by atoms with Crippen molar-refractivity contribution in [2.24, 2.45) is 7.05 Å². The molecule has 0 bridgehead atoms. The van der Waals surface area contributed by atoms with Gasteiger partial charge in [0.1, 0.15) is 21.7 Å². The molecule has 2 aliphatic carbocycles. The molecule has 2 saturated carbocycles. The van der Waals surface area contributed by atoms with E-state index in [1.807, 2.05) is 43.7 Å². The summed E-state index contributed by atoms with van der Waals surface area (Å²) in [6.45, 7) is 0. The first-order valence-corrected chi connectivity index (χ1v) is 12.7. The molecular formula is C26H24ClN7O3. The number of halogens is 1. The molecule has 11 heteroatoms. The van der Waals surface area contributed by atoms with Gasteiger partial charge in [0.2, 0.25) is 5.95 Å². The molecule has 5 aromatic heterocycles. The van der Waals surface area contributed by atoms with Gasteiger partial charge in [0, 0.05) is 25.5 Å². The summed E-state index contributed by atoms with van der Waals surface area (Å²) in [5, 5.41) is 17.7. The minimum atomic E-state index is -0.344. The van der Waals surface area contributed by atoms with Crippen molar-refractivity contribution in [1.82, 2.24) is 28.7 Å². The molecule has 5 aromatic rings. The van der Waals surface area contributed by atoms with E-state index in [1.54, 1.807) is 19.8 Å². The lowest BCUT2D eigenvalue weighted by Crippen LogP contribution is -2.37. The van der Waals surface area contributed by atoms with E-state index in [-0.39, 0.29) is 17.7 Å². The van der Waals surface area contributed by atoms with Gasteiger partial charge in [0.25, 0.3) is 5.56 Å². The van der Waals surface area contributed by atoms with Crippen LogP contribution in [0.25, 0.3) is 16.7 Å². The number of fused-ring (bicyclic) bond motifs is 2. The van der Waals surface area contributed by atoms with Gasteiger partial charge in [-0.05, 0) is 55.4 Å². The highest BCUT2D eigenvalue weighted by molar-refractivity contribution is 6.36. The number of nitrogens with zero attached hydrogens (tertiary/aromatic N) is 6. The highest BCUT2D eigenvalue weighted by atomic mass is 35.5. The zero-order valence-electron chi connectivity index (χ0n) is 20.0. The van der Waals surface area contributed by atoms with Gasteiger partial charge in [0.15, 0.2) is 17.1 Å². The van der Waals surface area contributed by atoms with E-state index < -0.39 is 0 Å². The Morgan fingerprint density at radius 2 is 2.03 bits per heavy atom. The number of hydrogen-bond acceptors (Lipinski definition) is 7. The third-order valence-corrected chi connectivity index (χ3v) is 7.62. The van der Waals surface area contributed by atoms with E-state index in [0.717, 1.165) is 23.9 Å². The van der Waals surface area contributed by atoms with Gasteiger partial charge in [-0.2, -0.15) is 10.1 Å². The first-order valence-electron chi connectivity index (χ1n) is 12.3. The maximum Gasteiger partial charge on any atom is 0.274 e. The van der Waals surface area contributed by atoms with Crippen LogP contribution in [0, 0.1) is 0 Å². The third-order valence-electron chi connectivity index (χ3n) is 7.26. The van der Waals surface area contributed by atoms with Crippen LogP contribution >= 0.6 is 11.6 Å². The molecule has 0 unspecified atom stereocenters. The quantitative estimate of drug-likeness (QED) is 0.340. The molecule has 0 atom stereocenters. The van der Waals surface area contributed by atoms with Gasteiger partial charge in [-0.1, -0.05) is 17.7 Å². The lowest BCUT2D eigenvalue weighted by molar-refractivity contribution is 0.0471. The molecule has 5 heterocycles. The van der Waals surface area contributed by atoms with E-state index in [9.17, 15) is 9.90 Å². The van der Waals surface area contributed by atoms with Crippen molar-refractivity contribution in [3.8, 4) is 11.5 Å². The summed E-state index contributed by atoms with van der Waals surface area (Å²) in [6, 6.07) is 7.63. The van der Waals surface area contributed by atoms with E-state index in [1.165, 1.54) is 6.20 Å². The normalized spacial score (nSPS) is 19.3. The Hall–Kier alpha value is -3.89. The summed E-state index contributed by atoms with van der Waals surface area (Å²) in [5.74, 6) is 1.85. The van der Waals surface area contributed by atoms with Gasteiger partial charge in [-0.3, -0.25) is 4.79 Å². The number of hydrogen-bond donors (Lipinski definition) is 2. The Kier molecular flexibility index (Phi) is 5.02. The molecule has 37 heavy (non-hydrogen) atoms. The molecule has 10 nitrogen and oxygen atoms in total. The summed E-state index contributed by atoms with van der Waals surface area (Å²) in [7, 11) is 1.82. The predicted molar refractivity (Wildman–Crippen MR) is 139 cm³/mol. The van der Waals surface area contributed by atoms with E-state index in [4.69, 9.17) is 16.3 Å². The number of pyridine rings is 3. The lowest BCUT2D eigenvalue weighted by Gasteiger charge is -2.33. The first kappa shape index (κ1) is 22.3. The fourth-order valence-electron chi connectivity index (χ4n) is 4.94. The van der Waals surface area contributed by atoms with Crippen molar-refractivity contribution < 1.29 is 9.84 Å². The van der Waals surface area contributed by atoms with Crippen LogP contribution in [-0.2, 0) is 7.05 Å². The second-order valence-corrected chi connectivity index (χ2v) is 10.2. The van der Waals surface area contributed by atoms with Crippen molar-refractivity contribution in [3.05, 3.63) is 70.0 Å². The zero-order valence-corrected chi connectivity index (χ0v) is 20.8. The number of nitrogens with one attached hydrogen (secondary N) is 1. The molecule has 0 spiro atoms. The van der Waals surface area contributed by atoms with Gasteiger partial charge in [-0.25, -0.2) is 9.50 Å². The fourth-order valence-corrected chi connectivity index (χ4v) is 5.23. The Morgan fingerprint density at radius 3 is 2.81 bits per heavy atom. The van der Waals surface area contributed by atoms with Crippen LogP contribution in [0.3, 0.4) is 0 Å².